The second-order valence-corrected chi connectivity index (χ2v) is 4.40. The van der Waals surface area contributed by atoms with Crippen molar-refractivity contribution in [1.29, 1.82) is 0 Å². The molecule has 0 aromatic heterocycles. The molecule has 0 radical (unpaired) electrons. The fraction of sp³-hybridized carbons (Fsp3) is 0.400. The number of hydrogen-bond acceptors (Lipinski definition) is 5. The number of carbonyl (C=O) groups is 1. The van der Waals surface area contributed by atoms with Gasteiger partial charge < -0.3 is 18.9 Å². The zero-order valence-electron chi connectivity index (χ0n) is 11.7. The van der Waals surface area contributed by atoms with E-state index in [2.05, 4.69) is 0 Å². The van der Waals surface area contributed by atoms with E-state index >= 15 is 0 Å². The quantitative estimate of drug-likeness (QED) is 0.717. The second kappa shape index (κ2) is 7.07. The van der Waals surface area contributed by atoms with Crippen LogP contribution in [0, 0.1) is 0 Å². The van der Waals surface area contributed by atoms with Gasteiger partial charge in [0.15, 0.2) is 19.4 Å². The van der Waals surface area contributed by atoms with Gasteiger partial charge in [-0.1, -0.05) is 0 Å². The molecule has 0 aliphatic heterocycles. The number of ketones is 1. The van der Waals surface area contributed by atoms with Crippen molar-refractivity contribution in [2.24, 2.45) is 0 Å². The molecule has 1 aromatic carbocycles. The van der Waals surface area contributed by atoms with Crippen LogP contribution in [-0.4, -0.2) is 33.6 Å². The van der Waals surface area contributed by atoms with E-state index in [4.69, 9.17) is 18.9 Å². The summed E-state index contributed by atoms with van der Waals surface area (Å²) in [7, 11) is 3.12. The van der Waals surface area contributed by atoms with Gasteiger partial charge in [-0.3, -0.25) is 4.79 Å². The van der Waals surface area contributed by atoms with Crippen LogP contribution in [0.15, 0.2) is 24.3 Å². The summed E-state index contributed by atoms with van der Waals surface area (Å²) in [5.74, 6) is 1.44. The van der Waals surface area contributed by atoms with Crippen LogP contribution in [0.2, 0.25) is 0 Å². The van der Waals surface area contributed by atoms with E-state index < -0.39 is 0 Å². The number of carbonyl (C=O) groups excluding carboxylic acids is 1. The molecule has 0 N–H and O–H groups in total. The molecule has 0 unspecified atom stereocenters. The lowest BCUT2D eigenvalue weighted by atomic mass is 10.0. The molecule has 0 spiro atoms. The van der Waals surface area contributed by atoms with Crippen molar-refractivity contribution in [3.63, 3.8) is 0 Å². The summed E-state index contributed by atoms with van der Waals surface area (Å²) >= 11 is 0. The lowest BCUT2D eigenvalue weighted by Crippen LogP contribution is -2.03. The van der Waals surface area contributed by atoms with Crippen LogP contribution in [0.25, 0.3) is 5.57 Å². The number of methoxy groups -OCH3 is 2. The Kier molecular flexibility index (Phi) is 5.15. The monoisotopic (exact) mass is 278 g/mol. The molecule has 1 aliphatic carbocycles. The first kappa shape index (κ1) is 14.6. The van der Waals surface area contributed by atoms with Crippen LogP contribution >= 0.6 is 0 Å². The third-order valence-electron chi connectivity index (χ3n) is 2.95. The summed E-state index contributed by atoms with van der Waals surface area (Å²) < 4.78 is 20.7. The molecule has 0 amide bonds. The van der Waals surface area contributed by atoms with Gasteiger partial charge in [-0.2, -0.15) is 0 Å². The van der Waals surface area contributed by atoms with Crippen molar-refractivity contribution in [1.82, 2.24) is 0 Å². The van der Waals surface area contributed by atoms with E-state index in [-0.39, 0.29) is 19.4 Å². The highest BCUT2D eigenvalue weighted by atomic mass is 16.7. The van der Waals surface area contributed by atoms with E-state index in [0.29, 0.717) is 17.9 Å². The first-order chi connectivity index (χ1) is 9.74. The zero-order chi connectivity index (χ0) is 14.4. The Morgan fingerprint density at radius 1 is 1.05 bits per heavy atom. The Balaban J connectivity index is 2.25. The third-order valence-corrected chi connectivity index (χ3v) is 2.95. The summed E-state index contributed by atoms with van der Waals surface area (Å²) in [6.07, 6.45) is 2.96. The maximum absolute atomic E-state index is 11.4. The molecular weight excluding hydrogens is 260 g/mol. The highest BCUT2D eigenvalue weighted by Gasteiger charge is 2.17. The van der Waals surface area contributed by atoms with E-state index in [1.165, 1.54) is 0 Å². The third kappa shape index (κ3) is 3.59. The lowest BCUT2D eigenvalue weighted by Gasteiger charge is -2.13. The highest BCUT2D eigenvalue weighted by Crippen LogP contribution is 2.35. The van der Waals surface area contributed by atoms with Crippen LogP contribution in [-0.2, 0) is 14.3 Å². The van der Waals surface area contributed by atoms with Crippen molar-refractivity contribution in [3.8, 4) is 11.5 Å². The summed E-state index contributed by atoms with van der Waals surface area (Å²) in [6, 6.07) is 5.50. The fourth-order valence-corrected chi connectivity index (χ4v) is 2.04. The number of hydrogen-bond donors (Lipinski definition) is 0. The van der Waals surface area contributed by atoms with Gasteiger partial charge in [0.1, 0.15) is 11.5 Å². The van der Waals surface area contributed by atoms with Crippen molar-refractivity contribution >= 4 is 11.4 Å². The molecule has 0 saturated heterocycles. The average molecular weight is 278 g/mol. The maximum atomic E-state index is 11.4. The van der Waals surface area contributed by atoms with Gasteiger partial charge in [-0.05, 0) is 30.2 Å². The molecule has 2 rings (SSSR count). The highest BCUT2D eigenvalue weighted by molar-refractivity contribution is 6.02. The zero-order valence-corrected chi connectivity index (χ0v) is 11.7. The van der Waals surface area contributed by atoms with Crippen LogP contribution in [0.4, 0.5) is 0 Å². The standard InChI is InChI=1S/C15H18O5/c1-17-9-19-13-5-6-14(11-3-4-12(16)7-11)15(8-13)20-10-18-2/h5-8H,3-4,9-10H2,1-2H3. The summed E-state index contributed by atoms with van der Waals surface area (Å²) in [6.45, 7) is 0.312. The van der Waals surface area contributed by atoms with Crippen LogP contribution in [0.1, 0.15) is 18.4 Å². The average Bonchev–Trinajstić information content (AvgIpc) is 2.89. The second-order valence-electron chi connectivity index (χ2n) is 4.40. The molecular formula is C15H18O5. The SMILES string of the molecule is COCOc1ccc(C2=CC(=O)CC2)c(OCOC)c1. The van der Waals surface area contributed by atoms with Crippen LogP contribution in [0.3, 0.4) is 0 Å². The normalized spacial score (nSPS) is 14.3. The first-order valence-electron chi connectivity index (χ1n) is 6.36. The molecule has 0 fully saturated rings. The molecule has 20 heavy (non-hydrogen) atoms. The van der Waals surface area contributed by atoms with E-state index in [1.54, 1.807) is 26.4 Å². The van der Waals surface area contributed by atoms with Crippen molar-refractivity contribution in [2.45, 2.75) is 12.8 Å². The number of ether oxygens (including phenoxy) is 4. The number of benzene rings is 1. The van der Waals surface area contributed by atoms with Crippen molar-refractivity contribution in [3.05, 3.63) is 29.8 Å². The number of rotatable bonds is 7. The number of allylic oxidation sites excluding steroid dienone is 2. The minimum Gasteiger partial charge on any atom is -0.467 e. The predicted molar refractivity (Wildman–Crippen MR) is 73.7 cm³/mol. The Hall–Kier alpha value is -1.85. The van der Waals surface area contributed by atoms with Gasteiger partial charge in [0.25, 0.3) is 0 Å². The smallest absolute Gasteiger partial charge is 0.188 e. The molecule has 5 nitrogen and oxygen atoms in total. The van der Waals surface area contributed by atoms with Crippen molar-refractivity contribution < 1.29 is 23.7 Å². The summed E-state index contributed by atoms with van der Waals surface area (Å²) in [4.78, 5) is 11.4. The van der Waals surface area contributed by atoms with Crippen molar-refractivity contribution in [2.75, 3.05) is 27.8 Å². The molecule has 108 valence electrons. The largest absolute Gasteiger partial charge is 0.467 e. The molecule has 0 bridgehead atoms. The van der Waals surface area contributed by atoms with E-state index in [9.17, 15) is 4.79 Å². The summed E-state index contributed by atoms with van der Waals surface area (Å²) in [5.41, 5.74) is 1.89. The van der Waals surface area contributed by atoms with Crippen LogP contribution < -0.4 is 9.47 Å². The fourth-order valence-electron chi connectivity index (χ4n) is 2.04. The Labute approximate surface area is 118 Å². The molecule has 1 aliphatic rings. The molecule has 0 heterocycles. The Morgan fingerprint density at radius 3 is 2.45 bits per heavy atom. The Bertz CT molecular complexity index is 507. The molecule has 5 heteroatoms. The van der Waals surface area contributed by atoms with E-state index in [1.807, 2.05) is 12.1 Å². The lowest BCUT2D eigenvalue weighted by molar-refractivity contribution is -0.114. The first-order valence-corrected chi connectivity index (χ1v) is 6.36. The maximum Gasteiger partial charge on any atom is 0.188 e. The molecule has 0 saturated carbocycles. The minimum atomic E-state index is 0.141. The van der Waals surface area contributed by atoms with E-state index in [0.717, 1.165) is 17.6 Å². The predicted octanol–water partition coefficient (Wildman–Crippen LogP) is 2.40. The molecule has 1 aromatic rings. The van der Waals surface area contributed by atoms with Gasteiger partial charge >= 0.3 is 0 Å². The van der Waals surface area contributed by atoms with Crippen LogP contribution in [0.5, 0.6) is 11.5 Å². The van der Waals surface area contributed by atoms with Gasteiger partial charge in [-0.15, -0.1) is 0 Å². The summed E-state index contributed by atoms with van der Waals surface area (Å²) in [5, 5.41) is 0. The van der Waals surface area contributed by atoms with Gasteiger partial charge in [-0.25, -0.2) is 0 Å². The molecule has 0 atom stereocenters. The minimum absolute atomic E-state index is 0.141. The Morgan fingerprint density at radius 2 is 1.80 bits per heavy atom. The van der Waals surface area contributed by atoms with Gasteiger partial charge in [0, 0.05) is 32.3 Å². The van der Waals surface area contributed by atoms with Gasteiger partial charge in [0.05, 0.1) is 0 Å². The topological polar surface area (TPSA) is 54.0 Å². The van der Waals surface area contributed by atoms with Gasteiger partial charge in [0.2, 0.25) is 0 Å².